The number of halogens is 2. The number of aromatic nitrogens is 2. The lowest BCUT2D eigenvalue weighted by Crippen LogP contribution is -2.12. The van der Waals surface area contributed by atoms with Crippen LogP contribution in [0.4, 0.5) is 4.39 Å². The molecule has 0 spiro atoms. The molecule has 0 fully saturated rings. The molecule has 88 valence electrons. The maximum absolute atomic E-state index is 13.1. The summed E-state index contributed by atoms with van der Waals surface area (Å²) in [5, 5.41) is 3.41. The van der Waals surface area contributed by atoms with Crippen molar-refractivity contribution < 1.29 is 13.7 Å². The van der Waals surface area contributed by atoms with E-state index in [4.69, 9.17) is 21.9 Å². The molecule has 0 aliphatic rings. The van der Waals surface area contributed by atoms with Crippen LogP contribution in [0.2, 0.25) is 5.02 Å². The van der Waals surface area contributed by atoms with E-state index in [1.807, 2.05) is 0 Å². The lowest BCUT2D eigenvalue weighted by molar-refractivity contribution is 0.0987. The third-order valence-electron chi connectivity index (χ3n) is 2.03. The zero-order chi connectivity index (χ0) is 12.4. The van der Waals surface area contributed by atoms with Gasteiger partial charge in [-0.25, -0.2) is 4.39 Å². The minimum Gasteiger partial charge on any atom is -0.363 e. The molecule has 0 saturated heterocycles. The van der Waals surface area contributed by atoms with Gasteiger partial charge in [0, 0.05) is 0 Å². The van der Waals surface area contributed by atoms with Crippen LogP contribution >= 0.6 is 11.6 Å². The molecule has 0 saturated carbocycles. The molecule has 1 aromatic heterocycles. The van der Waals surface area contributed by atoms with Gasteiger partial charge in [0.25, 0.3) is 11.7 Å². The Hall–Kier alpha value is -1.95. The highest BCUT2D eigenvalue weighted by molar-refractivity contribution is 6.30. The van der Waals surface area contributed by atoms with Gasteiger partial charge in [-0.15, -0.1) is 0 Å². The fourth-order valence-electron chi connectivity index (χ4n) is 1.25. The molecule has 17 heavy (non-hydrogen) atoms. The summed E-state index contributed by atoms with van der Waals surface area (Å²) in [7, 11) is 0. The number of hydrogen-bond acceptors (Lipinski definition) is 4. The summed E-state index contributed by atoms with van der Waals surface area (Å²) in [4.78, 5) is 14.5. The molecule has 1 heterocycles. The summed E-state index contributed by atoms with van der Waals surface area (Å²) in [5.41, 5.74) is 5.57. The van der Waals surface area contributed by atoms with Gasteiger partial charge in [0.15, 0.2) is 0 Å². The van der Waals surface area contributed by atoms with E-state index in [1.165, 1.54) is 12.1 Å². The van der Waals surface area contributed by atoms with Crippen LogP contribution in [0.5, 0.6) is 0 Å². The van der Waals surface area contributed by atoms with Crippen LogP contribution in [0.1, 0.15) is 22.1 Å². The number of carbonyl (C=O) groups excluding carboxylic acids is 1. The number of nitrogens with two attached hydrogens (primary N) is 1. The topological polar surface area (TPSA) is 82.0 Å². The average molecular weight is 256 g/mol. The molecule has 1 aromatic carbocycles. The van der Waals surface area contributed by atoms with Crippen LogP contribution in [0, 0.1) is 5.82 Å². The second-order valence-corrected chi connectivity index (χ2v) is 3.71. The first-order valence-corrected chi connectivity index (χ1v) is 5.00. The number of nitrogens with zero attached hydrogens (tertiary/aromatic N) is 2. The lowest BCUT2D eigenvalue weighted by atomic mass is 10.1. The Bertz CT molecular complexity index is 570. The van der Waals surface area contributed by atoms with Crippen molar-refractivity contribution in [1.29, 1.82) is 0 Å². The highest BCUT2D eigenvalue weighted by Crippen LogP contribution is 2.17. The van der Waals surface area contributed by atoms with E-state index in [0.717, 1.165) is 0 Å². The number of benzene rings is 1. The maximum Gasteiger partial charge on any atom is 0.290 e. The van der Waals surface area contributed by atoms with Crippen LogP contribution in [0.15, 0.2) is 22.7 Å². The molecule has 1 amide bonds. The second-order valence-electron chi connectivity index (χ2n) is 3.30. The lowest BCUT2D eigenvalue weighted by Gasteiger charge is -1.98. The highest BCUT2D eigenvalue weighted by atomic mass is 35.5. The van der Waals surface area contributed by atoms with Crippen LogP contribution in [0.3, 0.4) is 0 Å². The van der Waals surface area contributed by atoms with Crippen molar-refractivity contribution in [3.05, 3.63) is 46.3 Å². The van der Waals surface area contributed by atoms with E-state index in [0.29, 0.717) is 5.56 Å². The normalized spacial score (nSPS) is 10.5. The van der Waals surface area contributed by atoms with Crippen LogP contribution in [0.25, 0.3) is 0 Å². The molecule has 0 aliphatic heterocycles. The molecular weight excluding hydrogens is 249 g/mol. The van der Waals surface area contributed by atoms with Crippen molar-refractivity contribution in [2.75, 3.05) is 0 Å². The Balaban J connectivity index is 2.19. The molecule has 0 bridgehead atoms. The largest absolute Gasteiger partial charge is 0.363 e. The second kappa shape index (κ2) is 4.50. The maximum atomic E-state index is 13.1. The number of primary amides is 1. The van der Waals surface area contributed by atoms with Gasteiger partial charge in [0.2, 0.25) is 5.89 Å². The third kappa shape index (κ3) is 2.59. The number of hydrogen-bond donors (Lipinski definition) is 1. The molecular formula is C10H7ClFN3O2. The number of amides is 1. The monoisotopic (exact) mass is 255 g/mol. The van der Waals surface area contributed by atoms with E-state index in [1.54, 1.807) is 6.07 Å². The molecule has 0 aliphatic carbocycles. The highest BCUT2D eigenvalue weighted by Gasteiger charge is 2.12. The quantitative estimate of drug-likeness (QED) is 0.902. The predicted octanol–water partition coefficient (Wildman–Crippen LogP) is 1.55. The summed E-state index contributed by atoms with van der Waals surface area (Å²) >= 11 is 5.54. The summed E-state index contributed by atoms with van der Waals surface area (Å²) < 4.78 is 17.9. The summed E-state index contributed by atoms with van der Waals surface area (Å²) in [5.74, 6) is -1.32. The first kappa shape index (κ1) is 11.5. The molecule has 5 nitrogen and oxygen atoms in total. The predicted molar refractivity (Wildman–Crippen MR) is 57.0 cm³/mol. The van der Waals surface area contributed by atoms with E-state index < -0.39 is 11.7 Å². The Kier molecular flexibility index (Phi) is 3.06. The third-order valence-corrected chi connectivity index (χ3v) is 2.33. The van der Waals surface area contributed by atoms with Crippen molar-refractivity contribution in [3.8, 4) is 0 Å². The van der Waals surface area contributed by atoms with Gasteiger partial charge in [-0.3, -0.25) is 4.79 Å². The molecule has 0 atom stereocenters. The number of rotatable bonds is 3. The van der Waals surface area contributed by atoms with E-state index in [-0.39, 0.29) is 23.2 Å². The zero-order valence-corrected chi connectivity index (χ0v) is 9.24. The minimum atomic E-state index is -0.776. The van der Waals surface area contributed by atoms with Crippen molar-refractivity contribution in [3.63, 3.8) is 0 Å². The fourth-order valence-corrected chi connectivity index (χ4v) is 1.37. The van der Waals surface area contributed by atoms with Crippen LogP contribution < -0.4 is 5.73 Å². The zero-order valence-electron chi connectivity index (χ0n) is 8.48. The Morgan fingerprint density at radius 3 is 2.88 bits per heavy atom. The first-order valence-electron chi connectivity index (χ1n) is 4.62. The molecule has 2 rings (SSSR count). The smallest absolute Gasteiger partial charge is 0.290 e. The van der Waals surface area contributed by atoms with Crippen LogP contribution in [-0.4, -0.2) is 16.0 Å². The summed E-state index contributed by atoms with van der Waals surface area (Å²) in [6, 6.07) is 4.31. The number of carbonyl (C=O) groups is 1. The fraction of sp³-hybridized carbons (Fsp3) is 0.100. The van der Waals surface area contributed by atoms with Gasteiger partial charge in [-0.05, 0) is 17.7 Å². The van der Waals surface area contributed by atoms with Gasteiger partial charge >= 0.3 is 0 Å². The molecule has 0 unspecified atom stereocenters. The standard InChI is InChI=1S/C10H7ClFN3O2/c11-6-2-1-5(3-7(6)12)4-8-14-10(9(13)16)15-17-8/h1-3H,4H2,(H2,13,16). The van der Waals surface area contributed by atoms with E-state index in [2.05, 4.69) is 10.1 Å². The van der Waals surface area contributed by atoms with E-state index >= 15 is 0 Å². The van der Waals surface area contributed by atoms with Crippen molar-refractivity contribution >= 4 is 17.5 Å². The van der Waals surface area contributed by atoms with Crippen molar-refractivity contribution in [2.45, 2.75) is 6.42 Å². The molecule has 2 N–H and O–H groups in total. The Morgan fingerprint density at radius 1 is 1.53 bits per heavy atom. The first-order chi connectivity index (χ1) is 8.06. The van der Waals surface area contributed by atoms with E-state index in [9.17, 15) is 9.18 Å². The summed E-state index contributed by atoms with van der Waals surface area (Å²) in [6.07, 6.45) is 0.203. The van der Waals surface area contributed by atoms with Gasteiger partial charge in [0.05, 0.1) is 11.4 Å². The SMILES string of the molecule is NC(=O)c1noc(Cc2ccc(Cl)c(F)c2)n1. The molecule has 7 heteroatoms. The van der Waals surface area contributed by atoms with Crippen LogP contribution in [-0.2, 0) is 6.42 Å². The molecule has 2 aromatic rings. The van der Waals surface area contributed by atoms with Gasteiger partial charge < -0.3 is 10.3 Å². The molecule has 0 radical (unpaired) electrons. The van der Waals surface area contributed by atoms with Gasteiger partial charge in [0.1, 0.15) is 5.82 Å². The Morgan fingerprint density at radius 2 is 2.29 bits per heavy atom. The van der Waals surface area contributed by atoms with Crippen molar-refractivity contribution in [1.82, 2.24) is 10.1 Å². The Labute approximate surface area is 100 Å². The van der Waals surface area contributed by atoms with Gasteiger partial charge in [-0.2, -0.15) is 4.98 Å². The average Bonchev–Trinajstić information content (AvgIpc) is 2.72. The van der Waals surface area contributed by atoms with Crippen molar-refractivity contribution in [2.24, 2.45) is 5.73 Å². The summed E-state index contributed by atoms with van der Waals surface area (Å²) in [6.45, 7) is 0. The van der Waals surface area contributed by atoms with Gasteiger partial charge in [-0.1, -0.05) is 22.8 Å². The minimum absolute atomic E-state index is 0.0390.